The Hall–Kier alpha value is -3.28. The number of aryl methyl sites for hydroxylation is 1. The number of rotatable bonds is 1. The van der Waals surface area contributed by atoms with Crippen LogP contribution in [0.1, 0.15) is 50.7 Å². The first-order valence-electron chi connectivity index (χ1n) is 15.0. The maximum Gasteiger partial charge on any atom is 0.407 e. The second kappa shape index (κ2) is 13.4. The van der Waals surface area contributed by atoms with Gasteiger partial charge in [-0.15, -0.1) is 0 Å². The lowest BCUT2D eigenvalue weighted by Gasteiger charge is -2.43. The molecule has 2 bridgehead atoms. The third-order valence-corrected chi connectivity index (χ3v) is 10.3. The first kappa shape index (κ1) is 32.1. The molecule has 3 aliphatic rings. The van der Waals surface area contributed by atoms with Crippen LogP contribution in [0.25, 0.3) is 0 Å². The Morgan fingerprint density at radius 2 is 1.95 bits per heavy atom. The quantitative estimate of drug-likeness (QED) is 0.416. The van der Waals surface area contributed by atoms with Crippen molar-refractivity contribution in [2.45, 2.75) is 69.2 Å². The molecule has 12 heteroatoms. The summed E-state index contributed by atoms with van der Waals surface area (Å²) in [7, 11) is -2.70. The number of hydrogen-bond donors (Lipinski definition) is 2. The van der Waals surface area contributed by atoms with E-state index in [2.05, 4.69) is 14.9 Å². The van der Waals surface area contributed by atoms with Gasteiger partial charge in [-0.05, 0) is 99.4 Å². The minimum atomic E-state index is -4.22. The predicted octanol–water partition coefficient (Wildman–Crippen LogP) is 4.98. The van der Waals surface area contributed by atoms with E-state index in [1.54, 1.807) is 24.3 Å². The highest BCUT2D eigenvalue weighted by Crippen LogP contribution is 2.42. The van der Waals surface area contributed by atoms with Gasteiger partial charge in [0.1, 0.15) is 24.1 Å². The summed E-state index contributed by atoms with van der Waals surface area (Å²) in [4.78, 5) is 27.5. The summed E-state index contributed by atoms with van der Waals surface area (Å²) in [6.45, 7) is 4.60. The molecule has 2 heterocycles. The van der Waals surface area contributed by atoms with Crippen LogP contribution in [0.5, 0.6) is 5.75 Å². The van der Waals surface area contributed by atoms with Crippen LogP contribution in [-0.4, -0.2) is 58.9 Å². The fourth-order valence-electron chi connectivity index (χ4n) is 5.89. The smallest absolute Gasteiger partial charge is 0.407 e. The van der Waals surface area contributed by atoms with Gasteiger partial charge in [0.05, 0.1) is 17.2 Å². The van der Waals surface area contributed by atoms with Gasteiger partial charge in [-0.1, -0.05) is 23.7 Å². The standard InChI is InChI=1S/C32H40ClN3O7S/c1-32(2)30(37)35-44(39,40)25-12-14-29-27(18-25)36(15-5-4-7-21-17-24(33)11-9-23(21)20-41-29)19-22-10-13-26(22)28(8-6-16-42-32)43-31(38)34-3/h6,8-9,11-12,14,17-18,22,26,28H,4-5,7,10,13,15-16,19-20H2,1-3H3,(H,34,38)(H,35,37)/b8-6+/t22-,26+,28-/m0/s1. The molecule has 2 amide bonds. The minimum absolute atomic E-state index is 0.0291. The molecule has 238 valence electrons. The lowest BCUT2D eigenvalue weighted by Crippen LogP contribution is -2.47. The maximum absolute atomic E-state index is 13.5. The molecular formula is C32H40ClN3O7S. The molecule has 0 saturated heterocycles. The lowest BCUT2D eigenvalue weighted by molar-refractivity contribution is -0.139. The Kier molecular flexibility index (Phi) is 9.77. The highest BCUT2D eigenvalue weighted by molar-refractivity contribution is 7.90. The van der Waals surface area contributed by atoms with Crippen LogP contribution in [0.4, 0.5) is 10.5 Å². The monoisotopic (exact) mass is 645 g/mol. The van der Waals surface area contributed by atoms with Crippen molar-refractivity contribution in [3.8, 4) is 5.75 Å². The van der Waals surface area contributed by atoms with Crippen molar-refractivity contribution < 1.29 is 32.2 Å². The van der Waals surface area contributed by atoms with E-state index in [-0.39, 0.29) is 23.3 Å². The van der Waals surface area contributed by atoms with Gasteiger partial charge in [0.2, 0.25) is 0 Å². The summed E-state index contributed by atoms with van der Waals surface area (Å²) < 4.78 is 47.0. The first-order valence-corrected chi connectivity index (χ1v) is 16.9. The van der Waals surface area contributed by atoms with E-state index in [0.717, 1.165) is 43.2 Å². The fraction of sp³-hybridized carbons (Fsp3) is 0.500. The van der Waals surface area contributed by atoms with Crippen molar-refractivity contribution >= 4 is 39.3 Å². The molecule has 1 aliphatic carbocycles. The van der Waals surface area contributed by atoms with Crippen LogP contribution >= 0.6 is 11.6 Å². The van der Waals surface area contributed by atoms with Crippen molar-refractivity contribution in [2.24, 2.45) is 11.8 Å². The molecule has 0 radical (unpaired) electrons. The number of nitrogens with one attached hydrogen (secondary N) is 2. The number of carbonyl (C=O) groups excluding carboxylic acids is 2. The molecule has 1 fully saturated rings. The number of sulfonamides is 1. The number of anilines is 1. The van der Waals surface area contributed by atoms with E-state index in [1.165, 1.54) is 27.0 Å². The van der Waals surface area contributed by atoms with Crippen LogP contribution in [0.3, 0.4) is 0 Å². The number of ether oxygens (including phenoxy) is 3. The topological polar surface area (TPSA) is 123 Å². The molecule has 2 aromatic carbocycles. The molecule has 3 atom stereocenters. The van der Waals surface area contributed by atoms with Crippen LogP contribution < -0.4 is 19.7 Å². The van der Waals surface area contributed by atoms with E-state index >= 15 is 0 Å². The Bertz CT molecular complexity index is 1530. The molecule has 1 saturated carbocycles. The minimum Gasteiger partial charge on any atom is -0.487 e. The number of hydrogen-bond acceptors (Lipinski definition) is 8. The molecule has 0 spiro atoms. The average Bonchev–Trinajstić information content (AvgIpc) is 2.99. The van der Waals surface area contributed by atoms with Gasteiger partial charge in [-0.25, -0.2) is 17.9 Å². The van der Waals surface area contributed by atoms with Crippen LogP contribution in [0.2, 0.25) is 5.02 Å². The van der Waals surface area contributed by atoms with Gasteiger partial charge < -0.3 is 24.4 Å². The first-order chi connectivity index (χ1) is 21.0. The van der Waals surface area contributed by atoms with Gasteiger partial charge in [-0.3, -0.25) is 4.79 Å². The Labute approximate surface area is 264 Å². The Balaban J connectivity index is 1.56. The normalized spacial score (nSPS) is 25.8. The van der Waals surface area contributed by atoms with Crippen molar-refractivity contribution in [1.29, 1.82) is 0 Å². The van der Waals surface area contributed by atoms with Crippen molar-refractivity contribution in [1.82, 2.24) is 10.0 Å². The van der Waals surface area contributed by atoms with E-state index in [9.17, 15) is 18.0 Å². The van der Waals surface area contributed by atoms with Gasteiger partial charge in [0.25, 0.3) is 15.9 Å². The highest BCUT2D eigenvalue weighted by Gasteiger charge is 2.40. The maximum atomic E-state index is 13.5. The van der Waals surface area contributed by atoms with Gasteiger partial charge >= 0.3 is 6.09 Å². The van der Waals surface area contributed by atoms with E-state index in [1.807, 2.05) is 18.2 Å². The SMILES string of the molecule is CNC(=O)O[C@H]1/C=C/COC(C)(C)C(=O)NS(=O)(=O)c2ccc3c(c2)N(CCCCc2cc(Cl)ccc2CO3)C[C@@H]2CC[C@H]21. The largest absolute Gasteiger partial charge is 0.487 e. The summed E-state index contributed by atoms with van der Waals surface area (Å²) in [5.74, 6) is -0.0333. The predicted molar refractivity (Wildman–Crippen MR) is 167 cm³/mol. The van der Waals surface area contributed by atoms with Gasteiger partial charge in [-0.2, -0.15) is 0 Å². The molecule has 2 aromatic rings. The van der Waals surface area contributed by atoms with Crippen LogP contribution in [0.15, 0.2) is 53.4 Å². The Morgan fingerprint density at radius 1 is 1.14 bits per heavy atom. The van der Waals surface area contributed by atoms with E-state index < -0.39 is 33.7 Å². The van der Waals surface area contributed by atoms with Gasteiger partial charge in [0, 0.05) is 31.1 Å². The Morgan fingerprint density at radius 3 is 2.70 bits per heavy atom. The molecule has 0 aromatic heterocycles. The third kappa shape index (κ3) is 7.33. The fourth-order valence-corrected chi connectivity index (χ4v) is 7.21. The third-order valence-electron chi connectivity index (χ3n) is 8.70. The molecule has 5 rings (SSSR count). The molecule has 2 N–H and O–H groups in total. The second-order valence-electron chi connectivity index (χ2n) is 12.0. The van der Waals surface area contributed by atoms with Crippen molar-refractivity contribution in [3.63, 3.8) is 0 Å². The number of amides is 2. The number of alkyl carbamates (subject to hydrolysis) is 1. The molecular weight excluding hydrogens is 606 g/mol. The van der Waals surface area contributed by atoms with Crippen LogP contribution in [-0.2, 0) is 37.3 Å². The summed E-state index contributed by atoms with van der Waals surface area (Å²) in [5.41, 5.74) is 1.33. The van der Waals surface area contributed by atoms with Gasteiger partial charge in [0.15, 0.2) is 0 Å². The lowest BCUT2D eigenvalue weighted by atomic mass is 9.70. The number of carbonyl (C=O) groups is 2. The molecule has 2 aliphatic heterocycles. The summed E-state index contributed by atoms with van der Waals surface area (Å²) in [6, 6.07) is 10.5. The highest BCUT2D eigenvalue weighted by atomic mass is 35.5. The zero-order chi connectivity index (χ0) is 31.5. The summed E-state index contributed by atoms with van der Waals surface area (Å²) in [6.07, 6.45) is 6.88. The molecule has 0 unspecified atom stereocenters. The van der Waals surface area contributed by atoms with Crippen molar-refractivity contribution in [3.05, 3.63) is 64.7 Å². The van der Waals surface area contributed by atoms with Crippen molar-refractivity contribution in [2.75, 3.05) is 31.6 Å². The van der Waals surface area contributed by atoms with Crippen LogP contribution in [0, 0.1) is 11.8 Å². The van der Waals surface area contributed by atoms with E-state index in [4.69, 9.17) is 25.8 Å². The number of fused-ring (bicyclic) bond motifs is 3. The zero-order valence-electron chi connectivity index (χ0n) is 25.3. The second-order valence-corrected chi connectivity index (χ2v) is 14.2. The molecule has 44 heavy (non-hydrogen) atoms. The summed E-state index contributed by atoms with van der Waals surface area (Å²) >= 11 is 6.31. The zero-order valence-corrected chi connectivity index (χ0v) is 26.9. The summed E-state index contributed by atoms with van der Waals surface area (Å²) in [5, 5.41) is 3.21. The molecule has 10 nitrogen and oxygen atoms in total. The number of halogens is 1. The van der Waals surface area contributed by atoms with E-state index in [0.29, 0.717) is 36.2 Å². The number of benzene rings is 2. The number of nitrogens with zero attached hydrogens (tertiary/aromatic N) is 1. The average molecular weight is 646 g/mol.